The van der Waals surface area contributed by atoms with Crippen LogP contribution >= 0.6 is 0 Å². The van der Waals surface area contributed by atoms with E-state index in [4.69, 9.17) is 0 Å². The third-order valence-corrected chi connectivity index (χ3v) is 1.86. The zero-order chi connectivity index (χ0) is 8.49. The second-order valence-electron chi connectivity index (χ2n) is 2.96. The van der Waals surface area contributed by atoms with E-state index in [0.717, 1.165) is 6.42 Å². The predicted octanol–water partition coefficient (Wildman–Crippen LogP) is 3.77. The second kappa shape index (κ2) is 6.69. The van der Waals surface area contributed by atoms with Gasteiger partial charge in [0.2, 0.25) is 0 Å². The average Bonchev–Trinajstić information content (AvgIpc) is 2.05. The van der Waals surface area contributed by atoms with Gasteiger partial charge in [0.05, 0.1) is 0 Å². The molecule has 0 aliphatic heterocycles. The van der Waals surface area contributed by atoms with Crippen molar-refractivity contribution in [2.24, 2.45) is 0 Å². The number of rotatable bonds is 0. The summed E-state index contributed by atoms with van der Waals surface area (Å²) in [7, 11) is 0. The van der Waals surface area contributed by atoms with Gasteiger partial charge in [-0.15, -0.1) is 5.73 Å². The molecule has 0 heteroatoms. The van der Waals surface area contributed by atoms with Crippen molar-refractivity contribution in [3.8, 4) is 0 Å². The zero-order valence-electron chi connectivity index (χ0n) is 7.50. The molecule has 0 aromatic rings. The van der Waals surface area contributed by atoms with Gasteiger partial charge in [-0.3, -0.25) is 0 Å². The van der Waals surface area contributed by atoms with Crippen molar-refractivity contribution >= 4 is 0 Å². The van der Waals surface area contributed by atoms with Crippen LogP contribution in [0.5, 0.6) is 0 Å². The van der Waals surface area contributed by atoms with Crippen molar-refractivity contribution in [2.75, 3.05) is 0 Å². The van der Waals surface area contributed by atoms with E-state index in [1.807, 2.05) is 6.08 Å². The number of hydrogen-bond acceptors (Lipinski definition) is 0. The molecular formula is C12H16. The summed E-state index contributed by atoms with van der Waals surface area (Å²) in [4.78, 5) is 0. The lowest BCUT2D eigenvalue weighted by atomic mass is 10.1. The highest BCUT2D eigenvalue weighted by Crippen LogP contribution is 2.02. The Morgan fingerprint density at radius 3 is 2.67 bits per heavy atom. The topological polar surface area (TPSA) is 0 Å². The maximum absolute atomic E-state index is 3.12. The van der Waals surface area contributed by atoms with E-state index < -0.39 is 0 Å². The molecule has 1 aliphatic rings. The molecule has 0 heterocycles. The molecule has 0 unspecified atom stereocenters. The lowest BCUT2D eigenvalue weighted by Gasteiger charge is -1.92. The quantitative estimate of drug-likeness (QED) is 0.374. The molecule has 0 atom stereocenters. The normalized spacial score (nSPS) is 24.0. The van der Waals surface area contributed by atoms with Crippen molar-refractivity contribution in [1.82, 2.24) is 0 Å². The van der Waals surface area contributed by atoms with Gasteiger partial charge in [0.15, 0.2) is 0 Å². The molecular weight excluding hydrogens is 144 g/mol. The first-order valence-electron chi connectivity index (χ1n) is 4.71. The summed E-state index contributed by atoms with van der Waals surface area (Å²) in [5.41, 5.74) is 3.12. The fraction of sp³-hybridized carbons (Fsp3) is 0.417. The van der Waals surface area contributed by atoms with E-state index in [-0.39, 0.29) is 0 Å². The lowest BCUT2D eigenvalue weighted by Crippen LogP contribution is -1.72. The SMILES string of the molecule is C1=C/C=C\CCCC/C=C\CC=1. The first-order valence-corrected chi connectivity index (χ1v) is 4.71. The van der Waals surface area contributed by atoms with Crippen molar-refractivity contribution < 1.29 is 0 Å². The molecule has 1 aliphatic carbocycles. The van der Waals surface area contributed by atoms with Crippen molar-refractivity contribution in [2.45, 2.75) is 32.1 Å². The lowest BCUT2D eigenvalue weighted by molar-refractivity contribution is 0.761. The molecule has 0 fully saturated rings. The van der Waals surface area contributed by atoms with Crippen LogP contribution in [0, 0.1) is 0 Å². The highest BCUT2D eigenvalue weighted by atomic mass is 13.9. The van der Waals surface area contributed by atoms with E-state index in [9.17, 15) is 0 Å². The Balaban J connectivity index is 2.44. The molecule has 0 nitrogen and oxygen atoms in total. The molecule has 0 aromatic carbocycles. The Labute approximate surface area is 75.0 Å². The molecule has 1 rings (SSSR count). The first-order chi connectivity index (χ1) is 6.00. The fourth-order valence-electron chi connectivity index (χ4n) is 1.16. The Morgan fingerprint density at radius 1 is 0.917 bits per heavy atom. The summed E-state index contributed by atoms with van der Waals surface area (Å²) in [5.74, 6) is 0. The zero-order valence-corrected chi connectivity index (χ0v) is 7.50. The molecule has 0 saturated heterocycles. The van der Waals surface area contributed by atoms with E-state index in [2.05, 4.69) is 36.1 Å². The van der Waals surface area contributed by atoms with Crippen LogP contribution in [0.2, 0.25) is 0 Å². The third-order valence-electron chi connectivity index (χ3n) is 1.86. The predicted molar refractivity (Wildman–Crippen MR) is 54.0 cm³/mol. The van der Waals surface area contributed by atoms with Gasteiger partial charge in [-0.05, 0) is 44.3 Å². The summed E-state index contributed by atoms with van der Waals surface area (Å²) in [5, 5.41) is 0. The summed E-state index contributed by atoms with van der Waals surface area (Å²) in [6.07, 6.45) is 18.9. The smallest absolute Gasteiger partial charge is 0.00929 e. The van der Waals surface area contributed by atoms with Crippen molar-refractivity contribution in [1.29, 1.82) is 0 Å². The number of hydrogen-bond donors (Lipinski definition) is 0. The van der Waals surface area contributed by atoms with E-state index in [0.29, 0.717) is 0 Å². The average molecular weight is 160 g/mol. The van der Waals surface area contributed by atoms with Gasteiger partial charge < -0.3 is 0 Å². The maximum Gasteiger partial charge on any atom is -0.00929 e. The van der Waals surface area contributed by atoms with Gasteiger partial charge in [-0.25, -0.2) is 0 Å². The van der Waals surface area contributed by atoms with Gasteiger partial charge in [0.25, 0.3) is 0 Å². The molecule has 0 radical (unpaired) electrons. The maximum atomic E-state index is 3.12. The van der Waals surface area contributed by atoms with Crippen LogP contribution in [-0.2, 0) is 0 Å². The molecule has 0 bridgehead atoms. The van der Waals surface area contributed by atoms with Gasteiger partial charge >= 0.3 is 0 Å². The molecule has 64 valence electrons. The molecule has 0 saturated carbocycles. The Hall–Kier alpha value is -1.00. The molecule has 0 N–H and O–H groups in total. The standard InChI is InChI=1S/C12H16/c1-2-4-6-8-10-12-11-9-7-5-3-1/h1-3,7,11-12H,4,6,8-10H2/b2-1-,12-11-. The van der Waals surface area contributed by atoms with Crippen LogP contribution in [0.3, 0.4) is 0 Å². The largest absolute Gasteiger partial charge is 0.125 e. The van der Waals surface area contributed by atoms with Crippen LogP contribution in [0.15, 0.2) is 42.2 Å². The Kier molecular flexibility index (Phi) is 5.07. The van der Waals surface area contributed by atoms with Crippen LogP contribution in [-0.4, -0.2) is 0 Å². The second-order valence-corrected chi connectivity index (χ2v) is 2.96. The monoisotopic (exact) mass is 160 g/mol. The first kappa shape index (κ1) is 9.09. The van der Waals surface area contributed by atoms with Crippen molar-refractivity contribution in [3.05, 3.63) is 42.2 Å². The van der Waals surface area contributed by atoms with Gasteiger partial charge in [-0.2, -0.15) is 0 Å². The summed E-state index contributed by atoms with van der Waals surface area (Å²) < 4.78 is 0. The minimum Gasteiger partial charge on any atom is -0.125 e. The molecule has 0 aromatic heterocycles. The summed E-state index contributed by atoms with van der Waals surface area (Å²) >= 11 is 0. The van der Waals surface area contributed by atoms with Crippen LogP contribution < -0.4 is 0 Å². The Morgan fingerprint density at radius 2 is 1.75 bits per heavy atom. The number of allylic oxidation sites excluding steroid dienone is 5. The summed E-state index contributed by atoms with van der Waals surface area (Å²) in [6.45, 7) is 0. The highest BCUT2D eigenvalue weighted by molar-refractivity contribution is 5.04. The van der Waals surface area contributed by atoms with Crippen molar-refractivity contribution in [3.63, 3.8) is 0 Å². The van der Waals surface area contributed by atoms with E-state index >= 15 is 0 Å². The fourth-order valence-corrected chi connectivity index (χ4v) is 1.16. The molecule has 0 spiro atoms. The van der Waals surface area contributed by atoms with E-state index in [1.165, 1.54) is 25.7 Å². The Bertz CT molecular complexity index is 212. The van der Waals surface area contributed by atoms with Gasteiger partial charge in [-0.1, -0.05) is 24.3 Å². The van der Waals surface area contributed by atoms with Crippen LogP contribution in [0.25, 0.3) is 0 Å². The summed E-state index contributed by atoms with van der Waals surface area (Å²) in [6, 6.07) is 0. The minimum atomic E-state index is 1.02. The minimum absolute atomic E-state index is 1.02. The van der Waals surface area contributed by atoms with E-state index in [1.54, 1.807) is 0 Å². The van der Waals surface area contributed by atoms with Crippen LogP contribution in [0.1, 0.15) is 32.1 Å². The third kappa shape index (κ3) is 4.76. The van der Waals surface area contributed by atoms with Gasteiger partial charge in [0.1, 0.15) is 0 Å². The molecule has 12 heavy (non-hydrogen) atoms. The molecule has 0 amide bonds. The highest BCUT2D eigenvalue weighted by Gasteiger charge is 1.83. The van der Waals surface area contributed by atoms with Crippen LogP contribution in [0.4, 0.5) is 0 Å². The van der Waals surface area contributed by atoms with Gasteiger partial charge in [0, 0.05) is 0 Å².